The summed E-state index contributed by atoms with van der Waals surface area (Å²) in [6.45, 7) is 0. The molecule has 1 aliphatic rings. The monoisotopic (exact) mass is 284 g/mol. The molecule has 3 N–H and O–H groups in total. The average molecular weight is 284 g/mol. The molecule has 0 saturated heterocycles. The van der Waals surface area contributed by atoms with Gasteiger partial charge in [0.2, 0.25) is 5.91 Å². The minimum absolute atomic E-state index is 0.0533. The highest BCUT2D eigenvalue weighted by atomic mass is 16.1. The summed E-state index contributed by atoms with van der Waals surface area (Å²) in [5.41, 5.74) is 7.38. The molecule has 0 spiro atoms. The number of nitrogens with two attached hydrogens (primary N) is 1. The van der Waals surface area contributed by atoms with Crippen LogP contribution in [0.3, 0.4) is 0 Å². The lowest BCUT2D eigenvalue weighted by Gasteiger charge is -2.22. The first-order chi connectivity index (χ1) is 10.2. The number of hydrogen-bond donors (Lipinski definition) is 2. The van der Waals surface area contributed by atoms with Gasteiger partial charge in [-0.3, -0.25) is 4.79 Å². The third-order valence-electron chi connectivity index (χ3n) is 4.05. The highest BCUT2D eigenvalue weighted by Gasteiger charge is 2.29. The predicted octanol–water partition coefficient (Wildman–Crippen LogP) is 1.92. The summed E-state index contributed by atoms with van der Waals surface area (Å²) in [7, 11) is 0. The first-order valence-electron chi connectivity index (χ1n) is 7.33. The van der Waals surface area contributed by atoms with E-state index in [1.807, 2.05) is 36.8 Å². The zero-order chi connectivity index (χ0) is 14.7. The van der Waals surface area contributed by atoms with Crippen molar-refractivity contribution in [3.8, 4) is 0 Å². The molecule has 2 unspecified atom stereocenters. The number of rotatable bonds is 4. The average Bonchev–Trinajstić information content (AvgIpc) is 3.08. The van der Waals surface area contributed by atoms with Gasteiger partial charge in [-0.1, -0.05) is 12.1 Å². The van der Waals surface area contributed by atoms with E-state index in [-0.39, 0.29) is 11.9 Å². The van der Waals surface area contributed by atoms with Crippen molar-refractivity contribution in [3.05, 3.63) is 48.5 Å². The Hall–Kier alpha value is -2.30. The van der Waals surface area contributed by atoms with Crippen LogP contribution in [0, 0.1) is 0 Å². The van der Waals surface area contributed by atoms with Crippen LogP contribution in [0.1, 0.15) is 30.9 Å². The Labute approximate surface area is 124 Å². The molecule has 0 aliphatic heterocycles. The van der Waals surface area contributed by atoms with Gasteiger partial charge >= 0.3 is 0 Å². The molecule has 1 amide bonds. The molecular formula is C16H20N4O. The van der Waals surface area contributed by atoms with Crippen molar-refractivity contribution in [1.29, 1.82) is 0 Å². The summed E-state index contributed by atoms with van der Waals surface area (Å²) in [5.74, 6) is 0.0533. The Morgan fingerprint density at radius 1 is 1.43 bits per heavy atom. The van der Waals surface area contributed by atoms with Crippen LogP contribution in [0.5, 0.6) is 0 Å². The van der Waals surface area contributed by atoms with Gasteiger partial charge in [-0.05, 0) is 37.0 Å². The summed E-state index contributed by atoms with van der Waals surface area (Å²) in [5, 5.41) is 3.16. The first-order valence-corrected chi connectivity index (χ1v) is 7.33. The normalized spacial score (nSPS) is 21.3. The minimum Gasteiger partial charge on any atom is -0.399 e. The number of benzene rings is 1. The molecule has 1 saturated carbocycles. The number of nitrogen functional groups attached to an aromatic ring is 1. The van der Waals surface area contributed by atoms with E-state index in [4.69, 9.17) is 5.73 Å². The van der Waals surface area contributed by atoms with Crippen molar-refractivity contribution < 1.29 is 4.79 Å². The van der Waals surface area contributed by atoms with E-state index >= 15 is 0 Å². The Morgan fingerprint density at radius 3 is 3.10 bits per heavy atom. The van der Waals surface area contributed by atoms with Gasteiger partial charge in [0.15, 0.2) is 0 Å². The van der Waals surface area contributed by atoms with Crippen molar-refractivity contribution in [2.45, 2.75) is 37.8 Å². The van der Waals surface area contributed by atoms with E-state index < -0.39 is 0 Å². The lowest BCUT2D eigenvalue weighted by atomic mass is 10.1. The lowest BCUT2D eigenvalue weighted by Crippen LogP contribution is -2.38. The summed E-state index contributed by atoms with van der Waals surface area (Å²) in [6.07, 6.45) is 9.18. The maximum atomic E-state index is 12.2. The molecule has 1 aromatic carbocycles. The zero-order valence-electron chi connectivity index (χ0n) is 11.9. The van der Waals surface area contributed by atoms with Crippen LogP contribution in [0.2, 0.25) is 0 Å². The predicted molar refractivity (Wildman–Crippen MR) is 81.6 cm³/mol. The molecule has 2 aromatic rings. The standard InChI is InChI=1S/C16H20N4O/c17-13-4-1-3-12(9-13)10-16(21)19-14-5-2-6-15(14)20-8-7-18-11-20/h1,3-4,7-9,11,14-15H,2,5-6,10,17H2,(H,19,21). The Balaban J connectivity index is 1.62. The number of aromatic nitrogens is 2. The van der Waals surface area contributed by atoms with Gasteiger partial charge in [0, 0.05) is 24.1 Å². The second-order valence-corrected chi connectivity index (χ2v) is 5.60. The number of nitrogens with one attached hydrogen (secondary N) is 1. The fourth-order valence-electron chi connectivity index (χ4n) is 3.08. The van der Waals surface area contributed by atoms with Crippen molar-refractivity contribution >= 4 is 11.6 Å². The molecule has 0 radical (unpaired) electrons. The number of nitrogens with zero attached hydrogens (tertiary/aromatic N) is 2. The minimum atomic E-state index is 0.0533. The number of imidazole rings is 1. The fraction of sp³-hybridized carbons (Fsp3) is 0.375. The molecule has 5 nitrogen and oxygen atoms in total. The molecular weight excluding hydrogens is 264 g/mol. The highest BCUT2D eigenvalue weighted by molar-refractivity contribution is 5.79. The number of carbonyl (C=O) groups excluding carboxylic acids is 1. The number of amides is 1. The molecule has 110 valence electrons. The molecule has 2 atom stereocenters. The smallest absolute Gasteiger partial charge is 0.224 e. The SMILES string of the molecule is Nc1cccc(CC(=O)NC2CCCC2n2ccnc2)c1. The highest BCUT2D eigenvalue weighted by Crippen LogP contribution is 2.29. The molecule has 3 rings (SSSR count). The summed E-state index contributed by atoms with van der Waals surface area (Å²) in [6, 6.07) is 7.99. The quantitative estimate of drug-likeness (QED) is 0.842. The van der Waals surface area contributed by atoms with E-state index in [9.17, 15) is 4.79 Å². The third kappa shape index (κ3) is 3.24. The largest absolute Gasteiger partial charge is 0.399 e. The van der Waals surface area contributed by atoms with Crippen LogP contribution < -0.4 is 11.1 Å². The molecule has 5 heteroatoms. The zero-order valence-corrected chi connectivity index (χ0v) is 11.9. The van der Waals surface area contributed by atoms with Crippen molar-refractivity contribution in [1.82, 2.24) is 14.9 Å². The van der Waals surface area contributed by atoms with Gasteiger partial charge in [-0.15, -0.1) is 0 Å². The van der Waals surface area contributed by atoms with E-state index in [0.717, 1.165) is 24.8 Å². The summed E-state index contributed by atoms with van der Waals surface area (Å²) >= 11 is 0. The number of carbonyl (C=O) groups is 1. The van der Waals surface area contributed by atoms with E-state index in [2.05, 4.69) is 14.9 Å². The lowest BCUT2D eigenvalue weighted by molar-refractivity contribution is -0.121. The van der Waals surface area contributed by atoms with Gasteiger partial charge in [-0.2, -0.15) is 0 Å². The number of anilines is 1. The Kier molecular flexibility index (Phi) is 3.90. The van der Waals surface area contributed by atoms with E-state index in [1.54, 1.807) is 6.20 Å². The second kappa shape index (κ2) is 5.99. The van der Waals surface area contributed by atoms with Crippen LogP contribution in [-0.2, 0) is 11.2 Å². The van der Waals surface area contributed by atoms with Crippen LogP contribution >= 0.6 is 0 Å². The topological polar surface area (TPSA) is 72.9 Å². The van der Waals surface area contributed by atoms with Crippen LogP contribution in [0.15, 0.2) is 43.0 Å². The van der Waals surface area contributed by atoms with Gasteiger partial charge < -0.3 is 15.6 Å². The van der Waals surface area contributed by atoms with E-state index in [0.29, 0.717) is 18.2 Å². The van der Waals surface area contributed by atoms with Gasteiger partial charge in [0.1, 0.15) is 0 Å². The van der Waals surface area contributed by atoms with Crippen molar-refractivity contribution in [2.75, 3.05) is 5.73 Å². The van der Waals surface area contributed by atoms with Crippen LogP contribution in [-0.4, -0.2) is 21.5 Å². The van der Waals surface area contributed by atoms with Gasteiger partial charge in [-0.25, -0.2) is 4.98 Å². The van der Waals surface area contributed by atoms with Crippen molar-refractivity contribution in [3.63, 3.8) is 0 Å². The molecule has 1 aromatic heterocycles. The molecule has 21 heavy (non-hydrogen) atoms. The fourth-order valence-corrected chi connectivity index (χ4v) is 3.08. The second-order valence-electron chi connectivity index (χ2n) is 5.60. The van der Waals surface area contributed by atoms with Gasteiger partial charge in [0.25, 0.3) is 0 Å². The number of hydrogen-bond acceptors (Lipinski definition) is 3. The maximum absolute atomic E-state index is 12.2. The van der Waals surface area contributed by atoms with E-state index in [1.165, 1.54) is 0 Å². The molecule has 0 bridgehead atoms. The van der Waals surface area contributed by atoms with Gasteiger partial charge in [0.05, 0.1) is 18.8 Å². The molecule has 1 aliphatic carbocycles. The summed E-state index contributed by atoms with van der Waals surface area (Å²) in [4.78, 5) is 16.3. The summed E-state index contributed by atoms with van der Waals surface area (Å²) < 4.78 is 2.10. The Morgan fingerprint density at radius 2 is 2.33 bits per heavy atom. The Bertz CT molecular complexity index is 608. The maximum Gasteiger partial charge on any atom is 0.224 e. The molecule has 1 fully saturated rings. The van der Waals surface area contributed by atoms with Crippen LogP contribution in [0.4, 0.5) is 5.69 Å². The van der Waals surface area contributed by atoms with Crippen LogP contribution in [0.25, 0.3) is 0 Å². The molecule has 1 heterocycles. The van der Waals surface area contributed by atoms with Crippen molar-refractivity contribution in [2.24, 2.45) is 0 Å². The first kappa shape index (κ1) is 13.7. The third-order valence-corrected chi connectivity index (χ3v) is 4.05.